The van der Waals surface area contributed by atoms with Crippen LogP contribution in [0.4, 0.5) is 5.69 Å². The number of para-hydroxylation sites is 1. The molecule has 18 heavy (non-hydrogen) atoms. The van der Waals surface area contributed by atoms with Crippen LogP contribution in [0.25, 0.3) is 0 Å². The van der Waals surface area contributed by atoms with E-state index in [0.717, 1.165) is 5.69 Å². The first kappa shape index (κ1) is 12.7. The molecule has 0 atom stereocenters. The molecule has 0 heterocycles. The molecule has 0 spiro atoms. The molecule has 2 rings (SSSR count). The zero-order valence-electron chi connectivity index (χ0n) is 9.27. The number of phenolic OH excluding ortho intramolecular Hbond substituents is 1. The summed E-state index contributed by atoms with van der Waals surface area (Å²) in [4.78, 5) is 0. The van der Waals surface area contributed by atoms with Crippen LogP contribution in [0.1, 0.15) is 5.56 Å². The summed E-state index contributed by atoms with van der Waals surface area (Å²) in [5, 5.41) is 14.4. The maximum atomic E-state index is 9.71. The molecule has 0 fully saturated rings. The van der Waals surface area contributed by atoms with Gasteiger partial charge in [-0.25, -0.2) is 0 Å². The molecular weight excluding hydrogens is 271 g/mol. The molecule has 2 N–H and O–H groups in total. The summed E-state index contributed by atoms with van der Waals surface area (Å²) in [7, 11) is 0. The monoisotopic (exact) mass is 280 g/mol. The number of hydrogen-bond acceptors (Lipinski definition) is 3. The predicted molar refractivity (Wildman–Crippen MR) is 75.8 cm³/mol. The number of halogens is 2. The first-order chi connectivity index (χ1) is 8.66. The Hall–Kier alpha value is -1.71. The van der Waals surface area contributed by atoms with E-state index in [2.05, 4.69) is 10.5 Å². The second-order valence-electron chi connectivity index (χ2n) is 3.56. The summed E-state index contributed by atoms with van der Waals surface area (Å²) in [6.45, 7) is 0. The molecule has 92 valence electrons. The minimum absolute atomic E-state index is 0.0420. The number of hydrazone groups is 1. The fourth-order valence-electron chi connectivity index (χ4n) is 1.37. The highest BCUT2D eigenvalue weighted by molar-refractivity contribution is 6.36. The van der Waals surface area contributed by atoms with E-state index in [1.807, 2.05) is 30.3 Å². The van der Waals surface area contributed by atoms with Crippen LogP contribution in [0.2, 0.25) is 10.0 Å². The van der Waals surface area contributed by atoms with Gasteiger partial charge in [0.1, 0.15) is 5.75 Å². The van der Waals surface area contributed by atoms with E-state index in [-0.39, 0.29) is 10.8 Å². The van der Waals surface area contributed by atoms with Crippen LogP contribution in [-0.2, 0) is 0 Å². The predicted octanol–water partition coefficient (Wildman–Crippen LogP) is 4.15. The van der Waals surface area contributed by atoms with Gasteiger partial charge in [0.05, 0.1) is 16.9 Å². The molecule has 2 aromatic carbocycles. The van der Waals surface area contributed by atoms with E-state index >= 15 is 0 Å². The van der Waals surface area contributed by atoms with Crippen LogP contribution in [0.15, 0.2) is 47.6 Å². The van der Waals surface area contributed by atoms with Gasteiger partial charge < -0.3 is 5.11 Å². The quantitative estimate of drug-likeness (QED) is 0.655. The van der Waals surface area contributed by atoms with E-state index < -0.39 is 0 Å². The van der Waals surface area contributed by atoms with Crippen molar-refractivity contribution in [1.29, 1.82) is 0 Å². The molecule has 0 saturated carbocycles. The number of nitrogens with zero attached hydrogens (tertiary/aromatic N) is 1. The molecule has 0 amide bonds. The molecular formula is C13H10Cl2N2O. The van der Waals surface area contributed by atoms with Crippen LogP contribution < -0.4 is 5.43 Å². The molecule has 0 radical (unpaired) electrons. The van der Waals surface area contributed by atoms with Gasteiger partial charge in [-0.05, 0) is 24.3 Å². The van der Waals surface area contributed by atoms with Gasteiger partial charge in [0.25, 0.3) is 0 Å². The third kappa shape index (κ3) is 3.15. The molecule has 2 aromatic rings. The highest BCUT2D eigenvalue weighted by Gasteiger charge is 2.05. The Bertz CT molecular complexity index is 571. The fraction of sp³-hybridized carbons (Fsp3) is 0. The van der Waals surface area contributed by atoms with Gasteiger partial charge in [0.2, 0.25) is 0 Å². The first-order valence-corrected chi connectivity index (χ1v) is 5.94. The maximum absolute atomic E-state index is 9.71. The normalized spacial score (nSPS) is 10.8. The Morgan fingerprint density at radius 3 is 2.56 bits per heavy atom. The van der Waals surface area contributed by atoms with Crippen molar-refractivity contribution in [2.45, 2.75) is 0 Å². The van der Waals surface area contributed by atoms with E-state index in [9.17, 15) is 5.11 Å². The Morgan fingerprint density at radius 2 is 1.83 bits per heavy atom. The summed E-state index contributed by atoms with van der Waals surface area (Å²) in [5.41, 5.74) is 4.13. The van der Waals surface area contributed by atoms with Gasteiger partial charge in [0, 0.05) is 10.6 Å². The topological polar surface area (TPSA) is 44.6 Å². The Morgan fingerprint density at radius 1 is 1.11 bits per heavy atom. The lowest BCUT2D eigenvalue weighted by molar-refractivity contribution is 0.475. The van der Waals surface area contributed by atoms with Crippen LogP contribution in [0.5, 0.6) is 5.75 Å². The van der Waals surface area contributed by atoms with Crippen molar-refractivity contribution in [2.75, 3.05) is 5.43 Å². The van der Waals surface area contributed by atoms with Crippen LogP contribution in [-0.4, -0.2) is 11.3 Å². The zero-order valence-corrected chi connectivity index (χ0v) is 10.8. The minimum atomic E-state index is -0.0420. The molecule has 0 unspecified atom stereocenters. The van der Waals surface area contributed by atoms with Gasteiger partial charge in [-0.15, -0.1) is 0 Å². The van der Waals surface area contributed by atoms with Crippen LogP contribution in [0, 0.1) is 0 Å². The SMILES string of the molecule is Oc1c(Cl)cc(Cl)cc1/C=N\Nc1ccccc1. The number of anilines is 1. The number of rotatable bonds is 3. The third-order valence-electron chi connectivity index (χ3n) is 2.23. The largest absolute Gasteiger partial charge is 0.506 e. The van der Waals surface area contributed by atoms with Gasteiger partial charge in [-0.3, -0.25) is 5.43 Å². The number of hydrogen-bond donors (Lipinski definition) is 2. The molecule has 0 aliphatic carbocycles. The van der Waals surface area contributed by atoms with Crippen molar-refractivity contribution in [1.82, 2.24) is 0 Å². The zero-order chi connectivity index (χ0) is 13.0. The van der Waals surface area contributed by atoms with Gasteiger partial charge >= 0.3 is 0 Å². The number of aromatic hydroxyl groups is 1. The molecule has 0 saturated heterocycles. The molecule has 0 aliphatic heterocycles. The number of benzene rings is 2. The fourth-order valence-corrected chi connectivity index (χ4v) is 1.88. The van der Waals surface area contributed by atoms with E-state index in [0.29, 0.717) is 10.6 Å². The van der Waals surface area contributed by atoms with Gasteiger partial charge in [0.15, 0.2) is 0 Å². The van der Waals surface area contributed by atoms with Gasteiger partial charge in [-0.2, -0.15) is 5.10 Å². The second-order valence-corrected chi connectivity index (χ2v) is 4.41. The first-order valence-electron chi connectivity index (χ1n) is 5.19. The van der Waals surface area contributed by atoms with E-state index in [4.69, 9.17) is 23.2 Å². The van der Waals surface area contributed by atoms with Crippen molar-refractivity contribution in [2.24, 2.45) is 5.10 Å². The number of phenols is 1. The smallest absolute Gasteiger partial charge is 0.143 e. The van der Waals surface area contributed by atoms with Crippen molar-refractivity contribution >= 4 is 35.1 Å². The lowest BCUT2D eigenvalue weighted by Crippen LogP contribution is -1.91. The highest BCUT2D eigenvalue weighted by Crippen LogP contribution is 2.29. The summed E-state index contributed by atoms with van der Waals surface area (Å²) in [5.74, 6) is -0.0420. The lowest BCUT2D eigenvalue weighted by Gasteiger charge is -2.03. The van der Waals surface area contributed by atoms with Gasteiger partial charge in [-0.1, -0.05) is 41.4 Å². The van der Waals surface area contributed by atoms with Crippen LogP contribution in [0.3, 0.4) is 0 Å². The third-order valence-corrected chi connectivity index (χ3v) is 2.74. The lowest BCUT2D eigenvalue weighted by atomic mass is 10.2. The molecule has 0 bridgehead atoms. The van der Waals surface area contributed by atoms with E-state index in [1.54, 1.807) is 6.07 Å². The Balaban J connectivity index is 2.15. The minimum Gasteiger partial charge on any atom is -0.506 e. The summed E-state index contributed by atoms with van der Waals surface area (Å²) in [6.07, 6.45) is 1.46. The van der Waals surface area contributed by atoms with Crippen molar-refractivity contribution in [3.63, 3.8) is 0 Å². The van der Waals surface area contributed by atoms with E-state index in [1.165, 1.54) is 12.3 Å². The van der Waals surface area contributed by atoms with Crippen molar-refractivity contribution < 1.29 is 5.11 Å². The molecule has 5 heteroatoms. The average molecular weight is 281 g/mol. The van der Waals surface area contributed by atoms with Crippen molar-refractivity contribution in [3.8, 4) is 5.75 Å². The highest BCUT2D eigenvalue weighted by atomic mass is 35.5. The van der Waals surface area contributed by atoms with Crippen LogP contribution >= 0.6 is 23.2 Å². The summed E-state index contributed by atoms with van der Waals surface area (Å²) >= 11 is 11.6. The maximum Gasteiger partial charge on any atom is 0.143 e. The summed E-state index contributed by atoms with van der Waals surface area (Å²) in [6, 6.07) is 12.5. The number of nitrogens with one attached hydrogen (secondary N) is 1. The van der Waals surface area contributed by atoms with Crippen molar-refractivity contribution in [3.05, 3.63) is 58.1 Å². The average Bonchev–Trinajstić information content (AvgIpc) is 2.36. The molecule has 3 nitrogen and oxygen atoms in total. The second kappa shape index (κ2) is 5.76. The Kier molecular flexibility index (Phi) is 4.07. The molecule has 0 aromatic heterocycles. The Labute approximate surface area is 115 Å². The molecule has 0 aliphatic rings. The standard InChI is InChI=1S/C13H10Cl2N2O/c14-10-6-9(13(18)12(15)7-10)8-16-17-11-4-2-1-3-5-11/h1-8,17-18H/b16-8-. The summed E-state index contributed by atoms with van der Waals surface area (Å²) < 4.78 is 0.